The van der Waals surface area contributed by atoms with Gasteiger partial charge in [-0.3, -0.25) is 0 Å². The molecular weight excluding hydrogens is 100 g/mol. The summed E-state index contributed by atoms with van der Waals surface area (Å²) in [5, 5.41) is 8.24. The first-order valence-electron chi connectivity index (χ1n) is 2.38. The molecule has 0 rings (SSSR count). The molecule has 0 aromatic heterocycles. The third-order valence-corrected chi connectivity index (χ3v) is 0.706. The minimum atomic E-state index is 0. The van der Waals surface area contributed by atoms with Crippen LogP contribution in [0.25, 0.3) is 0 Å². The Bertz CT molecular complexity index is 36.1. The molecule has 0 fully saturated rings. The van der Waals surface area contributed by atoms with Gasteiger partial charge in [-0.1, -0.05) is 13.8 Å². The molecule has 0 unspecified atom stereocenters. The minimum Gasteiger partial charge on any atom is -1.00 e. The molecule has 2 heteroatoms. The summed E-state index contributed by atoms with van der Waals surface area (Å²) in [6, 6.07) is 0. The summed E-state index contributed by atoms with van der Waals surface area (Å²) in [6.07, 6.45) is 0.931. The average Bonchev–Trinajstić information content (AvgIpc) is 1.35. The average molecular weight is 114 g/mol. The van der Waals surface area contributed by atoms with Gasteiger partial charge in [0, 0.05) is 6.61 Å². The number of aliphatic hydroxyl groups excluding tert-OH is 1. The summed E-state index contributed by atoms with van der Waals surface area (Å²) in [4.78, 5) is 0. The van der Waals surface area contributed by atoms with E-state index >= 15 is 0 Å². The Kier molecular flexibility index (Phi) is 10.2. The second kappa shape index (κ2) is 6.73. The van der Waals surface area contributed by atoms with Crippen LogP contribution in [0.5, 0.6) is 0 Å². The van der Waals surface area contributed by atoms with Crippen LogP contribution in [-0.4, -0.2) is 34.8 Å². The normalized spacial score (nSPS) is 8.57. The van der Waals surface area contributed by atoms with Crippen LogP contribution in [0.3, 0.4) is 0 Å². The molecule has 42 valence electrons. The molecule has 0 aliphatic carbocycles. The SMILES string of the molecule is CC(C)CCO.[H-].[H-].[Mg+2]. The van der Waals surface area contributed by atoms with Gasteiger partial charge in [0.25, 0.3) is 0 Å². The van der Waals surface area contributed by atoms with Gasteiger partial charge in [-0.2, -0.15) is 0 Å². The monoisotopic (exact) mass is 114 g/mol. The van der Waals surface area contributed by atoms with Gasteiger partial charge in [0.05, 0.1) is 0 Å². The van der Waals surface area contributed by atoms with Gasteiger partial charge in [0.2, 0.25) is 0 Å². The predicted octanol–water partition coefficient (Wildman–Crippen LogP) is 0.869. The molecular formula is C5H14MgO. The van der Waals surface area contributed by atoms with E-state index in [0.717, 1.165) is 6.42 Å². The zero-order valence-electron chi connectivity index (χ0n) is 7.15. The molecule has 0 bridgehead atoms. The van der Waals surface area contributed by atoms with Crippen molar-refractivity contribution in [2.45, 2.75) is 20.3 Å². The van der Waals surface area contributed by atoms with E-state index in [1.807, 2.05) is 0 Å². The van der Waals surface area contributed by atoms with E-state index in [2.05, 4.69) is 13.8 Å². The van der Waals surface area contributed by atoms with Crippen molar-refractivity contribution in [2.75, 3.05) is 6.61 Å². The molecule has 0 atom stereocenters. The molecule has 1 nitrogen and oxygen atoms in total. The Labute approximate surface area is 64.2 Å². The summed E-state index contributed by atoms with van der Waals surface area (Å²) in [5.74, 6) is 0.648. The smallest absolute Gasteiger partial charge is 1.00 e. The number of rotatable bonds is 2. The number of aliphatic hydroxyl groups is 1. The Morgan fingerprint density at radius 3 is 2.00 bits per heavy atom. The Morgan fingerprint density at radius 2 is 2.00 bits per heavy atom. The van der Waals surface area contributed by atoms with Gasteiger partial charge >= 0.3 is 23.1 Å². The largest absolute Gasteiger partial charge is 2.00 e. The fraction of sp³-hybridized carbons (Fsp3) is 1.00. The molecule has 0 aromatic rings. The van der Waals surface area contributed by atoms with E-state index in [9.17, 15) is 0 Å². The summed E-state index contributed by atoms with van der Waals surface area (Å²) >= 11 is 0. The Morgan fingerprint density at radius 1 is 1.57 bits per heavy atom. The number of hydrogen-bond acceptors (Lipinski definition) is 1. The maximum Gasteiger partial charge on any atom is 2.00 e. The van der Waals surface area contributed by atoms with Gasteiger partial charge in [0.15, 0.2) is 0 Å². The first-order chi connectivity index (χ1) is 2.77. The second-order valence-corrected chi connectivity index (χ2v) is 1.91. The van der Waals surface area contributed by atoms with Crippen LogP contribution in [0.15, 0.2) is 0 Å². The van der Waals surface area contributed by atoms with Crippen molar-refractivity contribution >= 4 is 23.1 Å². The molecule has 0 radical (unpaired) electrons. The van der Waals surface area contributed by atoms with Gasteiger partial charge in [-0.05, 0) is 12.3 Å². The zero-order chi connectivity index (χ0) is 4.99. The molecule has 0 saturated carbocycles. The maximum absolute atomic E-state index is 8.24. The third kappa shape index (κ3) is 10.8. The van der Waals surface area contributed by atoms with Crippen molar-refractivity contribution < 1.29 is 7.96 Å². The van der Waals surface area contributed by atoms with Crippen LogP contribution in [0.4, 0.5) is 0 Å². The van der Waals surface area contributed by atoms with Crippen molar-refractivity contribution in [2.24, 2.45) is 5.92 Å². The topological polar surface area (TPSA) is 20.2 Å². The molecule has 0 amide bonds. The summed E-state index contributed by atoms with van der Waals surface area (Å²) in [6.45, 7) is 4.52. The zero-order valence-corrected chi connectivity index (χ0v) is 6.56. The summed E-state index contributed by atoms with van der Waals surface area (Å²) in [5.41, 5.74) is 0. The van der Waals surface area contributed by atoms with E-state index in [1.165, 1.54) is 0 Å². The molecule has 0 aromatic carbocycles. The van der Waals surface area contributed by atoms with E-state index in [-0.39, 0.29) is 25.9 Å². The molecule has 0 heterocycles. The van der Waals surface area contributed by atoms with Crippen LogP contribution in [0.1, 0.15) is 23.1 Å². The summed E-state index contributed by atoms with van der Waals surface area (Å²) < 4.78 is 0. The van der Waals surface area contributed by atoms with Crippen molar-refractivity contribution in [3.8, 4) is 0 Å². The standard InChI is InChI=1S/C5H12O.Mg.2H/c1-5(2)3-4-6;;;/h5-6H,3-4H2,1-2H3;;;/q;+2;2*-1. The van der Waals surface area contributed by atoms with Crippen molar-refractivity contribution in [1.82, 2.24) is 0 Å². The van der Waals surface area contributed by atoms with Crippen LogP contribution >= 0.6 is 0 Å². The minimum absolute atomic E-state index is 0. The van der Waals surface area contributed by atoms with Crippen LogP contribution in [0, 0.1) is 5.92 Å². The van der Waals surface area contributed by atoms with E-state index < -0.39 is 0 Å². The maximum atomic E-state index is 8.24. The first-order valence-corrected chi connectivity index (χ1v) is 2.38. The molecule has 7 heavy (non-hydrogen) atoms. The van der Waals surface area contributed by atoms with Crippen molar-refractivity contribution in [3.05, 3.63) is 0 Å². The van der Waals surface area contributed by atoms with Crippen LogP contribution in [0.2, 0.25) is 0 Å². The molecule has 1 N–H and O–H groups in total. The van der Waals surface area contributed by atoms with Crippen molar-refractivity contribution in [3.63, 3.8) is 0 Å². The van der Waals surface area contributed by atoms with Crippen LogP contribution < -0.4 is 0 Å². The van der Waals surface area contributed by atoms with E-state index in [0.29, 0.717) is 12.5 Å². The fourth-order valence-electron chi connectivity index (χ4n) is 0.258. The van der Waals surface area contributed by atoms with E-state index in [4.69, 9.17) is 5.11 Å². The van der Waals surface area contributed by atoms with Gasteiger partial charge in [-0.25, -0.2) is 0 Å². The molecule has 0 saturated heterocycles. The second-order valence-electron chi connectivity index (χ2n) is 1.91. The quantitative estimate of drug-likeness (QED) is 0.528. The fourth-order valence-corrected chi connectivity index (χ4v) is 0.258. The molecule has 0 spiro atoms. The number of hydrogen-bond donors (Lipinski definition) is 1. The summed E-state index contributed by atoms with van der Waals surface area (Å²) in [7, 11) is 0. The van der Waals surface area contributed by atoms with Crippen LogP contribution in [-0.2, 0) is 0 Å². The van der Waals surface area contributed by atoms with Gasteiger partial charge < -0.3 is 7.96 Å². The third-order valence-electron chi connectivity index (χ3n) is 0.706. The van der Waals surface area contributed by atoms with Gasteiger partial charge in [0.1, 0.15) is 0 Å². The molecule has 0 aliphatic rings. The van der Waals surface area contributed by atoms with Crippen molar-refractivity contribution in [1.29, 1.82) is 0 Å². The van der Waals surface area contributed by atoms with Gasteiger partial charge in [-0.15, -0.1) is 0 Å². The first kappa shape index (κ1) is 10.7. The Balaban J connectivity index is -0.0000000417. The predicted molar refractivity (Wildman–Crippen MR) is 34.5 cm³/mol. The van der Waals surface area contributed by atoms with E-state index in [1.54, 1.807) is 0 Å². The molecule has 0 aliphatic heterocycles. The Hall–Kier alpha value is 0.726.